The van der Waals surface area contributed by atoms with Gasteiger partial charge in [-0.3, -0.25) is 9.48 Å². The molecule has 0 saturated heterocycles. The van der Waals surface area contributed by atoms with Gasteiger partial charge in [-0.25, -0.2) is 4.98 Å². The molecule has 8 heteroatoms. The van der Waals surface area contributed by atoms with Crippen LogP contribution in [0.3, 0.4) is 0 Å². The zero-order valence-electron chi connectivity index (χ0n) is 19.9. The fourth-order valence-corrected chi connectivity index (χ4v) is 4.07. The maximum absolute atomic E-state index is 13.1. The number of imidazole rings is 1. The molecule has 0 aliphatic heterocycles. The van der Waals surface area contributed by atoms with Crippen LogP contribution in [0.25, 0.3) is 28.2 Å². The minimum Gasteiger partial charge on any atom is -0.497 e. The van der Waals surface area contributed by atoms with E-state index in [1.165, 1.54) is 0 Å². The second-order valence-electron chi connectivity index (χ2n) is 8.19. The lowest BCUT2D eigenvalue weighted by atomic mass is 10.1. The van der Waals surface area contributed by atoms with Crippen molar-refractivity contribution in [3.63, 3.8) is 0 Å². The first-order chi connectivity index (χ1) is 17.0. The lowest BCUT2D eigenvalue weighted by Gasteiger charge is -2.08. The largest absolute Gasteiger partial charge is 0.497 e. The normalized spacial score (nSPS) is 11.0. The third-order valence-electron chi connectivity index (χ3n) is 5.89. The van der Waals surface area contributed by atoms with Crippen molar-refractivity contribution in [1.82, 2.24) is 19.2 Å². The molecule has 0 unspecified atom stereocenters. The number of pyridine rings is 1. The van der Waals surface area contributed by atoms with E-state index in [9.17, 15) is 4.79 Å². The summed E-state index contributed by atoms with van der Waals surface area (Å²) in [5, 5.41) is 7.51. The van der Waals surface area contributed by atoms with E-state index in [0.717, 1.165) is 28.0 Å². The highest BCUT2D eigenvalue weighted by Crippen LogP contribution is 2.33. The molecule has 1 N–H and O–H groups in total. The van der Waals surface area contributed by atoms with Gasteiger partial charge in [-0.1, -0.05) is 18.2 Å². The van der Waals surface area contributed by atoms with Crippen molar-refractivity contribution in [2.45, 2.75) is 6.92 Å². The Bertz CT molecular complexity index is 1550. The van der Waals surface area contributed by atoms with Crippen LogP contribution >= 0.6 is 0 Å². The molecule has 0 aliphatic rings. The van der Waals surface area contributed by atoms with Gasteiger partial charge in [0.1, 0.15) is 22.8 Å². The van der Waals surface area contributed by atoms with Gasteiger partial charge in [0.2, 0.25) is 0 Å². The van der Waals surface area contributed by atoms with Crippen molar-refractivity contribution >= 4 is 17.2 Å². The van der Waals surface area contributed by atoms with Gasteiger partial charge in [0.05, 0.1) is 25.6 Å². The van der Waals surface area contributed by atoms with E-state index in [-0.39, 0.29) is 5.91 Å². The smallest absolute Gasteiger partial charge is 0.273 e. The number of rotatable bonds is 6. The lowest BCUT2D eigenvalue weighted by Crippen LogP contribution is -2.16. The first-order valence-corrected chi connectivity index (χ1v) is 11.1. The number of fused-ring (bicyclic) bond motifs is 1. The minimum absolute atomic E-state index is 0.267. The number of methoxy groups -OCH3 is 2. The molecule has 0 aliphatic carbocycles. The Morgan fingerprint density at radius 2 is 1.83 bits per heavy atom. The number of nitrogens with zero attached hydrogens (tertiary/aromatic N) is 4. The van der Waals surface area contributed by atoms with Gasteiger partial charge in [-0.2, -0.15) is 5.10 Å². The molecule has 0 bridgehead atoms. The predicted octanol–water partition coefficient (Wildman–Crippen LogP) is 4.98. The summed E-state index contributed by atoms with van der Waals surface area (Å²) < 4.78 is 14.4. The molecule has 0 saturated carbocycles. The summed E-state index contributed by atoms with van der Waals surface area (Å²) in [5.41, 5.74) is 6.20. The van der Waals surface area contributed by atoms with E-state index >= 15 is 0 Å². The molecule has 2 aromatic carbocycles. The Labute approximate surface area is 202 Å². The number of nitrogens with one attached hydrogen (secondary N) is 1. The molecule has 5 rings (SSSR count). The van der Waals surface area contributed by atoms with Crippen molar-refractivity contribution < 1.29 is 14.3 Å². The summed E-state index contributed by atoms with van der Waals surface area (Å²) in [6.07, 6.45) is 3.96. The molecule has 5 aromatic rings. The van der Waals surface area contributed by atoms with E-state index in [1.54, 1.807) is 32.0 Å². The maximum Gasteiger partial charge on any atom is 0.273 e. The molecule has 3 aromatic heterocycles. The van der Waals surface area contributed by atoms with Crippen LogP contribution < -0.4 is 14.8 Å². The van der Waals surface area contributed by atoms with Crippen molar-refractivity contribution in [3.8, 4) is 34.0 Å². The summed E-state index contributed by atoms with van der Waals surface area (Å²) in [6, 6.07) is 18.9. The van der Waals surface area contributed by atoms with Crippen LogP contribution in [-0.4, -0.2) is 39.3 Å². The lowest BCUT2D eigenvalue weighted by molar-refractivity contribution is 0.101. The maximum atomic E-state index is 13.1. The fraction of sp³-hybridized carbons (Fsp3) is 0.148. The average Bonchev–Trinajstić information content (AvgIpc) is 3.48. The Kier molecular flexibility index (Phi) is 5.70. The Morgan fingerprint density at radius 3 is 2.60 bits per heavy atom. The highest BCUT2D eigenvalue weighted by molar-refractivity contribution is 6.04. The molecule has 176 valence electrons. The zero-order chi connectivity index (χ0) is 24.5. The van der Waals surface area contributed by atoms with Gasteiger partial charge in [0, 0.05) is 36.3 Å². The second kappa shape index (κ2) is 8.98. The Balaban J connectivity index is 1.42. The van der Waals surface area contributed by atoms with E-state index in [1.807, 2.05) is 78.3 Å². The number of carbonyl (C=O) groups excluding carboxylic acids is 1. The van der Waals surface area contributed by atoms with E-state index in [2.05, 4.69) is 10.4 Å². The topological polar surface area (TPSA) is 82.7 Å². The number of anilines is 1. The minimum atomic E-state index is -0.267. The highest BCUT2D eigenvalue weighted by atomic mass is 16.5. The monoisotopic (exact) mass is 467 g/mol. The first kappa shape index (κ1) is 22.2. The van der Waals surface area contributed by atoms with Crippen LogP contribution in [0.1, 0.15) is 16.1 Å². The summed E-state index contributed by atoms with van der Waals surface area (Å²) in [7, 11) is 4.93. The van der Waals surface area contributed by atoms with Gasteiger partial charge < -0.3 is 19.2 Å². The van der Waals surface area contributed by atoms with Gasteiger partial charge in [-0.15, -0.1) is 0 Å². The fourth-order valence-electron chi connectivity index (χ4n) is 4.07. The summed E-state index contributed by atoms with van der Waals surface area (Å²) in [5.74, 6) is 1.05. The van der Waals surface area contributed by atoms with Gasteiger partial charge >= 0.3 is 0 Å². The van der Waals surface area contributed by atoms with Crippen LogP contribution in [0, 0.1) is 6.92 Å². The van der Waals surface area contributed by atoms with Crippen LogP contribution in [0.4, 0.5) is 5.69 Å². The highest BCUT2D eigenvalue weighted by Gasteiger charge is 2.18. The summed E-state index contributed by atoms with van der Waals surface area (Å²) in [4.78, 5) is 17.9. The van der Waals surface area contributed by atoms with E-state index in [0.29, 0.717) is 28.6 Å². The molecular formula is C27H25N5O3. The zero-order valence-corrected chi connectivity index (χ0v) is 19.9. The van der Waals surface area contributed by atoms with Crippen LogP contribution in [0.5, 0.6) is 11.5 Å². The van der Waals surface area contributed by atoms with Crippen LogP contribution in [0.15, 0.2) is 73.1 Å². The second-order valence-corrected chi connectivity index (χ2v) is 8.19. The van der Waals surface area contributed by atoms with Gasteiger partial charge in [0.15, 0.2) is 0 Å². The van der Waals surface area contributed by atoms with Crippen LogP contribution in [-0.2, 0) is 7.05 Å². The average molecular weight is 468 g/mol. The quantitative estimate of drug-likeness (QED) is 0.381. The molecule has 0 atom stereocenters. The van der Waals surface area contributed by atoms with E-state index < -0.39 is 0 Å². The Morgan fingerprint density at radius 1 is 0.971 bits per heavy atom. The molecule has 35 heavy (non-hydrogen) atoms. The molecule has 1 amide bonds. The molecule has 8 nitrogen and oxygen atoms in total. The first-order valence-electron chi connectivity index (χ1n) is 11.1. The Hall–Kier alpha value is -4.59. The number of hydrogen-bond acceptors (Lipinski definition) is 5. The van der Waals surface area contributed by atoms with Crippen molar-refractivity contribution in [2.24, 2.45) is 7.05 Å². The van der Waals surface area contributed by atoms with Gasteiger partial charge in [-0.05, 0) is 55.0 Å². The molecule has 3 heterocycles. The van der Waals surface area contributed by atoms with Crippen molar-refractivity contribution in [2.75, 3.05) is 19.5 Å². The number of aryl methyl sites for hydroxylation is 2. The molecule has 0 fully saturated rings. The molecule has 0 radical (unpaired) electrons. The predicted molar refractivity (Wildman–Crippen MR) is 135 cm³/mol. The molecular weight excluding hydrogens is 442 g/mol. The summed E-state index contributed by atoms with van der Waals surface area (Å²) in [6.45, 7) is 2.03. The third-order valence-corrected chi connectivity index (χ3v) is 5.89. The van der Waals surface area contributed by atoms with Crippen molar-refractivity contribution in [1.29, 1.82) is 0 Å². The SMILES string of the molecule is COc1ccc(OC)c(-c2cc(C(=O)Nc3cccc(-c4cn5cccc(C)c5n4)c3)n(C)n2)c1. The van der Waals surface area contributed by atoms with Crippen molar-refractivity contribution in [3.05, 3.63) is 84.3 Å². The van der Waals surface area contributed by atoms with Crippen LogP contribution in [0.2, 0.25) is 0 Å². The summed E-state index contributed by atoms with van der Waals surface area (Å²) >= 11 is 0. The number of aromatic nitrogens is 4. The van der Waals surface area contributed by atoms with E-state index in [4.69, 9.17) is 14.5 Å². The third kappa shape index (κ3) is 4.21. The standard InChI is InChI=1S/C27H25N5O3/c1-17-7-6-12-32-16-23(29-26(17)32)18-8-5-9-19(13-18)28-27(33)24-15-22(30-31(24)2)21-14-20(34-3)10-11-25(21)35-4/h5-16H,1-4H3,(H,28,33). The number of carbonyl (C=O) groups is 1. The number of hydrogen-bond donors (Lipinski definition) is 1. The van der Waals surface area contributed by atoms with Gasteiger partial charge in [0.25, 0.3) is 5.91 Å². The number of benzene rings is 2. The number of amides is 1. The number of ether oxygens (including phenoxy) is 2. The molecule has 0 spiro atoms.